The fourth-order valence-corrected chi connectivity index (χ4v) is 12.2. The van der Waals surface area contributed by atoms with Gasteiger partial charge in [0.05, 0.1) is 26.4 Å². The Bertz CT molecular complexity index is 2440. The van der Waals surface area contributed by atoms with Gasteiger partial charge in [-0.15, -0.1) is 0 Å². The molecule has 104 heavy (non-hydrogen) atoms. The number of hydrogen-bond donors (Lipinski definition) is 3. The molecule has 5 unspecified atom stereocenters. The van der Waals surface area contributed by atoms with Crippen molar-refractivity contribution in [3.63, 3.8) is 0 Å². The average molecular weight is 1500 g/mol. The molecule has 0 saturated carbocycles. The minimum absolute atomic E-state index is 0.0690. The van der Waals surface area contributed by atoms with Crippen LogP contribution in [0.4, 0.5) is 0 Å². The summed E-state index contributed by atoms with van der Waals surface area (Å²) in [5.41, 5.74) is 0. The lowest BCUT2D eigenvalue weighted by Gasteiger charge is -2.21. The number of unbranched alkanes of at least 4 members (excludes halogenated alkanes) is 30. The molecule has 3 N–H and O–H groups in total. The number of esters is 4. The summed E-state index contributed by atoms with van der Waals surface area (Å²) in [7, 11) is -9.98. The third-order valence-corrected chi connectivity index (χ3v) is 18.8. The van der Waals surface area contributed by atoms with Gasteiger partial charge in [0.1, 0.15) is 19.3 Å². The molecule has 598 valence electrons. The first-order chi connectivity index (χ1) is 50.7. The van der Waals surface area contributed by atoms with Crippen LogP contribution in [0.15, 0.2) is 122 Å². The zero-order valence-electron chi connectivity index (χ0n) is 65.4. The van der Waals surface area contributed by atoms with Crippen LogP contribution in [0.3, 0.4) is 0 Å². The number of rotatable bonds is 76. The van der Waals surface area contributed by atoms with Crippen LogP contribution < -0.4 is 0 Å². The van der Waals surface area contributed by atoms with E-state index in [0.717, 1.165) is 193 Å². The first-order valence-electron chi connectivity index (χ1n) is 40.8. The van der Waals surface area contributed by atoms with Crippen LogP contribution in [0.25, 0.3) is 0 Å². The van der Waals surface area contributed by atoms with Crippen molar-refractivity contribution in [1.82, 2.24) is 0 Å². The monoisotopic (exact) mass is 1500 g/mol. The molecule has 0 amide bonds. The standard InChI is InChI=1S/C85H146O17P2/c1-5-9-13-17-21-25-29-33-37-38-39-40-44-46-50-54-58-62-66-70-83(88)96-76-81(102-85(90)72-68-64-60-56-52-48-43-36-32-28-24-20-16-12-8-4)78-100-104(93,94)98-74-79(86)73-97-103(91,92)99-77-80(101-84(89)71-67-63-59-55-51-47-42-35-31-27-23-19-15-11-7-3)75-95-82(87)69-65-61-57-53-49-45-41-34-30-26-22-18-14-10-6-2/h9,13,21-22,24-28,31,33-34,36-37,39-41,43,46,50,79-81,86H,5-8,10-12,14-20,23,29-30,32,35,38,42,44-45,47-49,51-78H2,1-4H3,(H,91,92)(H,93,94). The average Bonchev–Trinajstić information content (AvgIpc) is 0.918. The lowest BCUT2D eigenvalue weighted by Crippen LogP contribution is -2.30. The summed E-state index contributed by atoms with van der Waals surface area (Å²) in [5.74, 6) is -2.24. The number of phosphoric acid groups is 2. The van der Waals surface area contributed by atoms with E-state index in [1.54, 1.807) is 0 Å². The Morgan fingerprint density at radius 1 is 0.279 bits per heavy atom. The number of carbonyl (C=O) groups is 4. The van der Waals surface area contributed by atoms with E-state index < -0.39 is 97.5 Å². The summed E-state index contributed by atoms with van der Waals surface area (Å²) in [6.45, 7) is 4.65. The fourth-order valence-electron chi connectivity index (χ4n) is 10.7. The van der Waals surface area contributed by atoms with Gasteiger partial charge >= 0.3 is 39.5 Å². The third kappa shape index (κ3) is 75.7. The van der Waals surface area contributed by atoms with Gasteiger partial charge < -0.3 is 33.8 Å². The zero-order chi connectivity index (χ0) is 76.0. The van der Waals surface area contributed by atoms with E-state index in [1.807, 2.05) is 0 Å². The number of allylic oxidation sites excluding steroid dienone is 20. The number of phosphoric ester groups is 2. The molecular formula is C85H146O17P2. The van der Waals surface area contributed by atoms with Crippen LogP contribution in [-0.4, -0.2) is 96.7 Å². The second kappa shape index (κ2) is 76.6. The molecule has 0 radical (unpaired) electrons. The molecule has 0 aromatic carbocycles. The fraction of sp³-hybridized carbons (Fsp3) is 0.718. The van der Waals surface area contributed by atoms with Crippen molar-refractivity contribution in [3.8, 4) is 0 Å². The lowest BCUT2D eigenvalue weighted by atomic mass is 10.1. The molecule has 0 bridgehead atoms. The first kappa shape index (κ1) is 99.5. The number of hydrogen-bond acceptors (Lipinski definition) is 15. The van der Waals surface area contributed by atoms with Crippen LogP contribution >= 0.6 is 15.6 Å². The zero-order valence-corrected chi connectivity index (χ0v) is 67.2. The van der Waals surface area contributed by atoms with Crippen LogP contribution in [-0.2, 0) is 65.4 Å². The summed E-state index contributed by atoms with van der Waals surface area (Å²) in [6.07, 6.45) is 84.5. The van der Waals surface area contributed by atoms with Crippen molar-refractivity contribution >= 4 is 39.5 Å². The van der Waals surface area contributed by atoms with E-state index in [-0.39, 0.29) is 25.7 Å². The van der Waals surface area contributed by atoms with Crippen molar-refractivity contribution in [2.45, 2.75) is 354 Å². The molecule has 0 aliphatic carbocycles. The minimum Gasteiger partial charge on any atom is -0.462 e. The summed E-state index contributed by atoms with van der Waals surface area (Å²) < 4.78 is 68.6. The summed E-state index contributed by atoms with van der Waals surface area (Å²) >= 11 is 0. The van der Waals surface area contributed by atoms with Crippen LogP contribution in [0.2, 0.25) is 0 Å². The highest BCUT2D eigenvalue weighted by atomic mass is 31.2. The maximum Gasteiger partial charge on any atom is 0.472 e. The van der Waals surface area contributed by atoms with Gasteiger partial charge in [-0.1, -0.05) is 271 Å². The van der Waals surface area contributed by atoms with E-state index in [1.165, 1.54) is 64.2 Å². The second-order valence-electron chi connectivity index (χ2n) is 27.0. The second-order valence-corrected chi connectivity index (χ2v) is 29.9. The predicted octanol–water partition coefficient (Wildman–Crippen LogP) is 23.9. The van der Waals surface area contributed by atoms with E-state index in [4.69, 9.17) is 37.0 Å². The van der Waals surface area contributed by atoms with Gasteiger partial charge in [-0.05, 0) is 161 Å². The Morgan fingerprint density at radius 3 is 0.808 bits per heavy atom. The van der Waals surface area contributed by atoms with Crippen molar-refractivity contribution in [3.05, 3.63) is 122 Å². The summed E-state index contributed by atoms with van der Waals surface area (Å²) in [5, 5.41) is 10.6. The highest BCUT2D eigenvalue weighted by Gasteiger charge is 2.30. The van der Waals surface area contributed by atoms with Crippen molar-refractivity contribution in [1.29, 1.82) is 0 Å². The highest BCUT2D eigenvalue weighted by Crippen LogP contribution is 2.45. The maximum atomic E-state index is 13.1. The van der Waals surface area contributed by atoms with Gasteiger partial charge in [-0.25, -0.2) is 9.13 Å². The largest absolute Gasteiger partial charge is 0.472 e. The maximum absolute atomic E-state index is 13.1. The van der Waals surface area contributed by atoms with E-state index >= 15 is 0 Å². The molecule has 0 fully saturated rings. The summed E-state index contributed by atoms with van der Waals surface area (Å²) in [6, 6.07) is 0. The normalized spacial score (nSPS) is 14.5. The lowest BCUT2D eigenvalue weighted by molar-refractivity contribution is -0.161. The van der Waals surface area contributed by atoms with E-state index in [2.05, 4.69) is 149 Å². The number of aliphatic hydroxyl groups is 1. The molecule has 0 heterocycles. The van der Waals surface area contributed by atoms with Crippen LogP contribution in [0.5, 0.6) is 0 Å². The Hall–Kier alpha value is -4.54. The number of carbonyl (C=O) groups excluding carboxylic acids is 4. The van der Waals surface area contributed by atoms with Crippen molar-refractivity contribution in [2.75, 3.05) is 39.6 Å². The molecule has 0 aromatic heterocycles. The van der Waals surface area contributed by atoms with Gasteiger partial charge in [0.2, 0.25) is 0 Å². The number of ether oxygens (including phenoxy) is 4. The first-order valence-corrected chi connectivity index (χ1v) is 43.8. The summed E-state index contributed by atoms with van der Waals surface area (Å²) in [4.78, 5) is 73.1. The van der Waals surface area contributed by atoms with Gasteiger partial charge in [0, 0.05) is 25.7 Å². The highest BCUT2D eigenvalue weighted by molar-refractivity contribution is 7.47. The Balaban J connectivity index is 5.41. The SMILES string of the molecule is CCC=CCC=CCC=CCC=CCC=CCCCCCC(=O)OCC(COP(=O)(O)OCC(O)COP(=O)(O)OCC(COC(=O)CCCCCCCC=CCC=CCCCCC)OC(=O)CCCCCCCCCC=CCCCCCC)OC(=O)CCCCCCCC=CCC=CCCCCC. The van der Waals surface area contributed by atoms with Gasteiger partial charge in [0.15, 0.2) is 12.2 Å². The number of aliphatic hydroxyl groups excluding tert-OH is 1. The molecular weight excluding hydrogens is 1350 g/mol. The Morgan fingerprint density at radius 2 is 0.500 bits per heavy atom. The van der Waals surface area contributed by atoms with E-state index in [9.17, 15) is 43.2 Å². The molecule has 17 nitrogen and oxygen atoms in total. The molecule has 0 rings (SSSR count). The van der Waals surface area contributed by atoms with Crippen LogP contribution in [0, 0.1) is 0 Å². The van der Waals surface area contributed by atoms with Gasteiger partial charge in [-0.2, -0.15) is 0 Å². The van der Waals surface area contributed by atoms with Crippen molar-refractivity contribution in [2.24, 2.45) is 0 Å². The Labute approximate surface area is 632 Å². The van der Waals surface area contributed by atoms with Crippen LogP contribution in [0.1, 0.15) is 336 Å². The molecule has 0 saturated heterocycles. The van der Waals surface area contributed by atoms with Gasteiger partial charge in [0.25, 0.3) is 0 Å². The van der Waals surface area contributed by atoms with Gasteiger partial charge in [-0.3, -0.25) is 37.3 Å². The molecule has 0 aliphatic rings. The molecule has 0 aromatic rings. The van der Waals surface area contributed by atoms with Crippen molar-refractivity contribution < 1.29 is 80.2 Å². The minimum atomic E-state index is -4.99. The smallest absolute Gasteiger partial charge is 0.462 e. The quantitative estimate of drug-likeness (QED) is 0.0169. The Kier molecular flexibility index (Phi) is 73.3. The predicted molar refractivity (Wildman–Crippen MR) is 427 cm³/mol. The molecule has 19 heteroatoms. The molecule has 0 spiro atoms. The molecule has 5 atom stereocenters. The molecule has 0 aliphatic heterocycles. The third-order valence-electron chi connectivity index (χ3n) is 16.9. The topological polar surface area (TPSA) is 237 Å². The van der Waals surface area contributed by atoms with E-state index in [0.29, 0.717) is 25.7 Å².